The number of guanidine groups is 1. The summed E-state index contributed by atoms with van der Waals surface area (Å²) in [6.45, 7) is 4.21. The first-order valence-corrected chi connectivity index (χ1v) is 6.55. The van der Waals surface area contributed by atoms with Gasteiger partial charge in [0.25, 0.3) is 0 Å². The number of nitrogens with one attached hydrogen (secondary N) is 1. The lowest BCUT2D eigenvalue weighted by atomic mass is 10.2. The van der Waals surface area contributed by atoms with Crippen LogP contribution in [0, 0.1) is 13.8 Å². The molecular formula is C14H16ClN5. The molecule has 0 spiro atoms. The van der Waals surface area contributed by atoms with Crippen LogP contribution in [-0.4, -0.2) is 15.9 Å². The van der Waals surface area contributed by atoms with E-state index in [9.17, 15) is 0 Å². The zero-order valence-corrected chi connectivity index (χ0v) is 12.1. The van der Waals surface area contributed by atoms with Gasteiger partial charge in [-0.25, -0.2) is 15.0 Å². The Morgan fingerprint density at radius 3 is 2.55 bits per heavy atom. The van der Waals surface area contributed by atoms with Crippen molar-refractivity contribution in [1.82, 2.24) is 9.97 Å². The summed E-state index contributed by atoms with van der Waals surface area (Å²) >= 11 is 6.05. The van der Waals surface area contributed by atoms with Crippen molar-refractivity contribution in [2.24, 2.45) is 10.7 Å². The summed E-state index contributed by atoms with van der Waals surface area (Å²) in [6, 6.07) is 9.41. The van der Waals surface area contributed by atoms with E-state index in [0.717, 1.165) is 17.0 Å². The van der Waals surface area contributed by atoms with Gasteiger partial charge in [0, 0.05) is 16.4 Å². The van der Waals surface area contributed by atoms with Gasteiger partial charge in [-0.1, -0.05) is 29.8 Å². The van der Waals surface area contributed by atoms with E-state index in [1.54, 1.807) is 0 Å². The van der Waals surface area contributed by atoms with E-state index < -0.39 is 0 Å². The summed E-state index contributed by atoms with van der Waals surface area (Å²) in [7, 11) is 0. The van der Waals surface area contributed by atoms with E-state index in [-0.39, 0.29) is 5.96 Å². The number of benzene rings is 1. The molecule has 0 aliphatic carbocycles. The summed E-state index contributed by atoms with van der Waals surface area (Å²) < 4.78 is 0. The van der Waals surface area contributed by atoms with Crippen molar-refractivity contribution in [3.8, 4) is 0 Å². The standard InChI is InChI=1S/C14H16ClN5/c1-9-7-10(2)19-14(18-9)20-13(16)17-8-11-5-3-4-6-12(11)15/h3-7H,8H2,1-2H3,(H3,16,17,18,19,20). The van der Waals surface area contributed by atoms with Crippen molar-refractivity contribution >= 4 is 23.5 Å². The minimum Gasteiger partial charge on any atom is -0.370 e. The molecule has 0 bridgehead atoms. The average Bonchev–Trinajstić information content (AvgIpc) is 2.36. The third-order valence-electron chi connectivity index (χ3n) is 2.60. The first-order valence-electron chi connectivity index (χ1n) is 6.17. The van der Waals surface area contributed by atoms with Crippen molar-refractivity contribution in [3.05, 3.63) is 52.3 Å². The minimum absolute atomic E-state index is 0.259. The third kappa shape index (κ3) is 3.93. The molecular weight excluding hydrogens is 274 g/mol. The van der Waals surface area contributed by atoms with Crippen LogP contribution in [0.15, 0.2) is 35.3 Å². The van der Waals surface area contributed by atoms with Gasteiger partial charge in [0.1, 0.15) is 0 Å². The molecule has 104 valence electrons. The van der Waals surface area contributed by atoms with Crippen molar-refractivity contribution in [1.29, 1.82) is 0 Å². The number of nitrogens with two attached hydrogens (primary N) is 1. The van der Waals surface area contributed by atoms with Gasteiger partial charge in [0.05, 0.1) is 6.54 Å². The summed E-state index contributed by atoms with van der Waals surface area (Å²) in [4.78, 5) is 12.7. The highest BCUT2D eigenvalue weighted by molar-refractivity contribution is 6.31. The van der Waals surface area contributed by atoms with Crippen LogP contribution in [-0.2, 0) is 6.54 Å². The fraction of sp³-hybridized carbons (Fsp3) is 0.214. The Morgan fingerprint density at radius 1 is 1.25 bits per heavy atom. The Labute approximate surface area is 122 Å². The molecule has 2 aromatic rings. The Morgan fingerprint density at radius 2 is 1.90 bits per heavy atom. The van der Waals surface area contributed by atoms with Gasteiger partial charge >= 0.3 is 0 Å². The van der Waals surface area contributed by atoms with E-state index >= 15 is 0 Å². The Balaban J connectivity index is 2.06. The molecule has 0 unspecified atom stereocenters. The molecule has 1 aromatic carbocycles. The van der Waals surface area contributed by atoms with E-state index in [0.29, 0.717) is 17.5 Å². The number of aryl methyl sites for hydroxylation is 2. The summed E-state index contributed by atoms with van der Waals surface area (Å²) in [5, 5.41) is 3.55. The van der Waals surface area contributed by atoms with Crippen molar-refractivity contribution in [2.45, 2.75) is 20.4 Å². The van der Waals surface area contributed by atoms with Crippen LogP contribution in [0.4, 0.5) is 5.95 Å². The van der Waals surface area contributed by atoms with Crippen LogP contribution in [0.2, 0.25) is 5.02 Å². The van der Waals surface area contributed by atoms with Crippen LogP contribution in [0.3, 0.4) is 0 Å². The van der Waals surface area contributed by atoms with Crippen LogP contribution in [0.1, 0.15) is 17.0 Å². The van der Waals surface area contributed by atoms with E-state index in [1.807, 2.05) is 44.2 Å². The normalized spacial score (nSPS) is 11.4. The van der Waals surface area contributed by atoms with Crippen LogP contribution in [0.5, 0.6) is 0 Å². The van der Waals surface area contributed by atoms with Gasteiger partial charge in [-0.15, -0.1) is 0 Å². The van der Waals surface area contributed by atoms with Crippen LogP contribution >= 0.6 is 11.6 Å². The lowest BCUT2D eigenvalue weighted by Gasteiger charge is -2.06. The molecule has 0 aliphatic rings. The minimum atomic E-state index is 0.259. The zero-order chi connectivity index (χ0) is 14.5. The van der Waals surface area contributed by atoms with E-state index in [2.05, 4.69) is 20.3 Å². The maximum atomic E-state index is 6.05. The molecule has 2 rings (SSSR count). The van der Waals surface area contributed by atoms with Crippen LogP contribution < -0.4 is 11.1 Å². The predicted octanol–water partition coefficient (Wildman–Crippen LogP) is 2.67. The molecule has 1 heterocycles. The molecule has 0 atom stereocenters. The zero-order valence-electron chi connectivity index (χ0n) is 11.4. The number of halogens is 1. The molecule has 0 saturated carbocycles. The largest absolute Gasteiger partial charge is 0.370 e. The van der Waals surface area contributed by atoms with Crippen molar-refractivity contribution in [2.75, 3.05) is 5.32 Å². The van der Waals surface area contributed by atoms with Gasteiger partial charge in [-0.2, -0.15) is 0 Å². The van der Waals surface area contributed by atoms with Gasteiger partial charge < -0.3 is 5.73 Å². The highest BCUT2D eigenvalue weighted by atomic mass is 35.5. The maximum Gasteiger partial charge on any atom is 0.229 e. The van der Waals surface area contributed by atoms with Crippen molar-refractivity contribution < 1.29 is 0 Å². The number of hydrogen-bond donors (Lipinski definition) is 2. The second-order valence-electron chi connectivity index (χ2n) is 4.39. The number of aliphatic imine (C=N–C) groups is 1. The molecule has 0 fully saturated rings. The molecule has 20 heavy (non-hydrogen) atoms. The Bertz CT molecular complexity index is 619. The smallest absolute Gasteiger partial charge is 0.229 e. The van der Waals surface area contributed by atoms with Gasteiger partial charge in [-0.3, -0.25) is 5.32 Å². The molecule has 0 radical (unpaired) electrons. The maximum absolute atomic E-state index is 6.05. The quantitative estimate of drug-likeness (QED) is 0.673. The predicted molar refractivity (Wildman–Crippen MR) is 81.9 cm³/mol. The van der Waals surface area contributed by atoms with Crippen LogP contribution in [0.25, 0.3) is 0 Å². The fourth-order valence-electron chi connectivity index (χ4n) is 1.73. The second-order valence-corrected chi connectivity index (χ2v) is 4.80. The summed E-state index contributed by atoms with van der Waals surface area (Å²) in [5.74, 6) is 0.706. The SMILES string of the molecule is Cc1cc(C)nc(NC(N)=NCc2ccccc2Cl)n1. The highest BCUT2D eigenvalue weighted by Gasteiger charge is 2.02. The summed E-state index contributed by atoms with van der Waals surface area (Å²) in [5.41, 5.74) is 8.48. The first-order chi connectivity index (χ1) is 9.54. The Hall–Kier alpha value is -2.14. The second kappa shape index (κ2) is 6.34. The molecule has 3 N–H and O–H groups in total. The topological polar surface area (TPSA) is 76.2 Å². The summed E-state index contributed by atoms with van der Waals surface area (Å²) in [6.07, 6.45) is 0. The van der Waals surface area contributed by atoms with E-state index in [1.165, 1.54) is 0 Å². The average molecular weight is 290 g/mol. The first kappa shape index (κ1) is 14.3. The molecule has 5 nitrogen and oxygen atoms in total. The Kier molecular flexibility index (Phi) is 4.53. The van der Waals surface area contributed by atoms with Gasteiger partial charge in [0.15, 0.2) is 5.96 Å². The number of rotatable bonds is 3. The van der Waals surface area contributed by atoms with Crippen molar-refractivity contribution in [3.63, 3.8) is 0 Å². The van der Waals surface area contributed by atoms with E-state index in [4.69, 9.17) is 17.3 Å². The lowest BCUT2D eigenvalue weighted by Crippen LogP contribution is -2.24. The number of anilines is 1. The molecule has 1 aromatic heterocycles. The number of aromatic nitrogens is 2. The number of nitrogens with zero attached hydrogens (tertiary/aromatic N) is 3. The third-order valence-corrected chi connectivity index (χ3v) is 2.97. The monoisotopic (exact) mass is 289 g/mol. The van der Waals surface area contributed by atoms with Gasteiger partial charge in [-0.05, 0) is 31.5 Å². The molecule has 0 aliphatic heterocycles. The molecule has 0 amide bonds. The molecule has 6 heteroatoms. The van der Waals surface area contributed by atoms with Gasteiger partial charge in [0.2, 0.25) is 5.95 Å². The molecule has 0 saturated heterocycles. The highest BCUT2D eigenvalue weighted by Crippen LogP contribution is 2.15. The lowest BCUT2D eigenvalue weighted by molar-refractivity contribution is 1.04. The number of hydrogen-bond acceptors (Lipinski definition) is 3. The fourth-order valence-corrected chi connectivity index (χ4v) is 1.93.